The molecule has 1 rings (SSSR count). The van der Waals surface area contributed by atoms with Crippen LogP contribution >= 0.6 is 11.6 Å². The van der Waals surface area contributed by atoms with Gasteiger partial charge in [0.25, 0.3) is 0 Å². The van der Waals surface area contributed by atoms with Gasteiger partial charge >= 0.3 is 0 Å². The standard InChI is InChI=1S/C13H20ClN3O/c1-4-17(5-2)12(18)9-16(3)11-8-6-7-10(14)13(11)15/h6-8H,4-5,9,15H2,1-3H3. The van der Waals surface area contributed by atoms with Crippen molar-refractivity contribution in [1.29, 1.82) is 0 Å². The number of nitrogens with two attached hydrogens (primary N) is 1. The summed E-state index contributed by atoms with van der Waals surface area (Å²) in [6.45, 7) is 5.67. The Morgan fingerprint density at radius 1 is 1.33 bits per heavy atom. The number of nitrogens with zero attached hydrogens (tertiary/aromatic N) is 2. The van der Waals surface area contributed by atoms with Crippen LogP contribution in [0.25, 0.3) is 0 Å². The van der Waals surface area contributed by atoms with Gasteiger partial charge in [0, 0.05) is 20.1 Å². The van der Waals surface area contributed by atoms with Gasteiger partial charge in [-0.15, -0.1) is 0 Å². The monoisotopic (exact) mass is 269 g/mol. The first-order valence-electron chi connectivity index (χ1n) is 6.04. The maximum Gasteiger partial charge on any atom is 0.242 e. The van der Waals surface area contributed by atoms with Crippen LogP contribution in [0.5, 0.6) is 0 Å². The first kappa shape index (κ1) is 14.6. The van der Waals surface area contributed by atoms with Gasteiger partial charge in [-0.1, -0.05) is 17.7 Å². The van der Waals surface area contributed by atoms with E-state index in [1.807, 2.05) is 37.9 Å². The molecule has 0 saturated carbocycles. The predicted octanol–water partition coefficient (Wildman–Crippen LogP) is 2.23. The molecule has 0 bridgehead atoms. The van der Waals surface area contributed by atoms with E-state index < -0.39 is 0 Å². The zero-order chi connectivity index (χ0) is 13.7. The minimum absolute atomic E-state index is 0.0851. The maximum absolute atomic E-state index is 12.0. The van der Waals surface area contributed by atoms with Crippen molar-refractivity contribution in [2.24, 2.45) is 0 Å². The van der Waals surface area contributed by atoms with Crippen LogP contribution in [0, 0.1) is 0 Å². The highest BCUT2D eigenvalue weighted by Gasteiger charge is 2.15. The van der Waals surface area contributed by atoms with Crippen LogP contribution in [0.3, 0.4) is 0 Å². The predicted molar refractivity (Wildman–Crippen MR) is 77.1 cm³/mol. The van der Waals surface area contributed by atoms with Crippen molar-refractivity contribution in [3.8, 4) is 0 Å². The molecule has 18 heavy (non-hydrogen) atoms. The van der Waals surface area contributed by atoms with E-state index >= 15 is 0 Å². The third-order valence-corrected chi connectivity index (χ3v) is 3.26. The summed E-state index contributed by atoms with van der Waals surface area (Å²) in [5, 5.41) is 0.509. The molecule has 0 unspecified atom stereocenters. The average molecular weight is 270 g/mol. The first-order valence-corrected chi connectivity index (χ1v) is 6.41. The van der Waals surface area contributed by atoms with Crippen LogP contribution < -0.4 is 10.6 Å². The summed E-state index contributed by atoms with van der Waals surface area (Å²) in [5.74, 6) is 0.0851. The summed E-state index contributed by atoms with van der Waals surface area (Å²) in [6, 6.07) is 5.42. The van der Waals surface area contributed by atoms with E-state index in [0.717, 1.165) is 5.69 Å². The quantitative estimate of drug-likeness (QED) is 0.834. The summed E-state index contributed by atoms with van der Waals surface area (Å²) >= 11 is 5.96. The second kappa shape index (κ2) is 6.50. The third-order valence-electron chi connectivity index (χ3n) is 2.93. The van der Waals surface area contributed by atoms with Crippen molar-refractivity contribution in [3.05, 3.63) is 23.2 Å². The molecule has 0 radical (unpaired) electrons. The van der Waals surface area contributed by atoms with Crippen molar-refractivity contribution >= 4 is 28.9 Å². The minimum atomic E-state index is 0.0851. The number of nitrogen functional groups attached to an aromatic ring is 1. The van der Waals surface area contributed by atoms with Crippen LogP contribution in [0.1, 0.15) is 13.8 Å². The zero-order valence-electron chi connectivity index (χ0n) is 11.1. The van der Waals surface area contributed by atoms with Crippen molar-refractivity contribution < 1.29 is 4.79 Å². The minimum Gasteiger partial charge on any atom is -0.396 e. The molecule has 0 atom stereocenters. The maximum atomic E-state index is 12.0. The van der Waals surface area contributed by atoms with E-state index in [-0.39, 0.29) is 5.91 Å². The van der Waals surface area contributed by atoms with Gasteiger partial charge in [0.15, 0.2) is 0 Å². The Bertz CT molecular complexity index is 419. The van der Waals surface area contributed by atoms with E-state index in [9.17, 15) is 4.79 Å². The van der Waals surface area contributed by atoms with Crippen molar-refractivity contribution in [2.45, 2.75) is 13.8 Å². The highest BCUT2D eigenvalue weighted by atomic mass is 35.5. The number of hydrogen-bond donors (Lipinski definition) is 1. The average Bonchev–Trinajstić information content (AvgIpc) is 2.34. The SMILES string of the molecule is CCN(CC)C(=O)CN(C)c1cccc(Cl)c1N. The first-order chi connectivity index (χ1) is 8.51. The molecule has 2 N–H and O–H groups in total. The van der Waals surface area contributed by atoms with Crippen LogP contribution in [-0.4, -0.2) is 37.5 Å². The summed E-state index contributed by atoms with van der Waals surface area (Å²) < 4.78 is 0. The summed E-state index contributed by atoms with van der Waals surface area (Å²) in [6.07, 6.45) is 0. The molecule has 100 valence electrons. The zero-order valence-corrected chi connectivity index (χ0v) is 11.9. The Balaban J connectivity index is 2.79. The molecule has 0 aliphatic carbocycles. The molecule has 5 heteroatoms. The lowest BCUT2D eigenvalue weighted by Gasteiger charge is -2.25. The second-order valence-corrected chi connectivity index (χ2v) is 4.50. The van der Waals surface area contributed by atoms with Gasteiger partial charge < -0.3 is 15.5 Å². The summed E-state index contributed by atoms with van der Waals surface area (Å²) in [7, 11) is 1.84. The third kappa shape index (κ3) is 3.29. The van der Waals surface area contributed by atoms with Crippen molar-refractivity contribution in [3.63, 3.8) is 0 Å². The van der Waals surface area contributed by atoms with Crippen molar-refractivity contribution in [1.82, 2.24) is 4.90 Å². The van der Waals surface area contributed by atoms with E-state index in [1.165, 1.54) is 0 Å². The van der Waals surface area contributed by atoms with Gasteiger partial charge in [0.05, 0.1) is 22.9 Å². The number of carbonyl (C=O) groups is 1. The fourth-order valence-corrected chi connectivity index (χ4v) is 1.99. The molecule has 0 saturated heterocycles. The number of rotatable bonds is 5. The highest BCUT2D eigenvalue weighted by molar-refractivity contribution is 6.33. The number of likely N-dealkylation sites (N-methyl/N-ethyl adjacent to an activating group) is 2. The Morgan fingerprint density at radius 2 is 1.94 bits per heavy atom. The van der Waals surface area contributed by atoms with E-state index in [4.69, 9.17) is 17.3 Å². The molecule has 0 fully saturated rings. The van der Waals surface area contributed by atoms with E-state index in [1.54, 1.807) is 11.0 Å². The van der Waals surface area contributed by atoms with Gasteiger partial charge in [-0.05, 0) is 26.0 Å². The van der Waals surface area contributed by atoms with Gasteiger partial charge in [-0.25, -0.2) is 0 Å². The van der Waals surface area contributed by atoms with Crippen LogP contribution in [0.15, 0.2) is 18.2 Å². The molecule has 0 spiro atoms. The number of halogens is 1. The number of hydrogen-bond acceptors (Lipinski definition) is 3. The Labute approximate surface area is 113 Å². The van der Waals surface area contributed by atoms with Crippen molar-refractivity contribution in [2.75, 3.05) is 37.3 Å². The fraction of sp³-hybridized carbons (Fsp3) is 0.462. The molecule has 1 aromatic carbocycles. The van der Waals surface area contributed by atoms with Crippen LogP contribution in [-0.2, 0) is 4.79 Å². The van der Waals surface area contributed by atoms with Gasteiger partial charge in [0.1, 0.15) is 0 Å². The summed E-state index contributed by atoms with van der Waals surface area (Å²) in [5.41, 5.74) is 7.19. The van der Waals surface area contributed by atoms with Crippen LogP contribution in [0.4, 0.5) is 11.4 Å². The smallest absolute Gasteiger partial charge is 0.242 e. The molecule has 1 aromatic rings. The lowest BCUT2D eigenvalue weighted by Crippen LogP contribution is -2.39. The van der Waals surface area contributed by atoms with Gasteiger partial charge in [0.2, 0.25) is 5.91 Å². The summed E-state index contributed by atoms with van der Waals surface area (Å²) in [4.78, 5) is 15.6. The molecular formula is C13H20ClN3O. The lowest BCUT2D eigenvalue weighted by atomic mass is 10.2. The Morgan fingerprint density at radius 3 is 2.50 bits per heavy atom. The van der Waals surface area contributed by atoms with Crippen LogP contribution in [0.2, 0.25) is 5.02 Å². The molecule has 1 amide bonds. The van der Waals surface area contributed by atoms with E-state index in [0.29, 0.717) is 30.3 Å². The number of amides is 1. The topological polar surface area (TPSA) is 49.6 Å². The van der Waals surface area contributed by atoms with Gasteiger partial charge in [-0.3, -0.25) is 4.79 Å². The highest BCUT2D eigenvalue weighted by Crippen LogP contribution is 2.29. The van der Waals surface area contributed by atoms with Gasteiger partial charge in [-0.2, -0.15) is 0 Å². The molecule has 4 nitrogen and oxygen atoms in total. The Kier molecular flexibility index (Phi) is 5.28. The second-order valence-electron chi connectivity index (χ2n) is 4.09. The number of para-hydroxylation sites is 1. The molecule has 0 aliphatic rings. The molecular weight excluding hydrogens is 250 g/mol. The number of benzene rings is 1. The number of carbonyl (C=O) groups excluding carboxylic acids is 1. The normalized spacial score (nSPS) is 10.2. The molecule has 0 aliphatic heterocycles. The molecule has 0 aromatic heterocycles. The lowest BCUT2D eigenvalue weighted by molar-refractivity contribution is -0.129. The molecule has 0 heterocycles. The Hall–Kier alpha value is -1.42. The van der Waals surface area contributed by atoms with E-state index in [2.05, 4.69) is 0 Å². The fourth-order valence-electron chi connectivity index (χ4n) is 1.82. The number of anilines is 2. The largest absolute Gasteiger partial charge is 0.396 e.